The van der Waals surface area contributed by atoms with Crippen LogP contribution in [0.25, 0.3) is 0 Å². The van der Waals surface area contributed by atoms with Gasteiger partial charge in [0.15, 0.2) is 0 Å². The molecule has 0 bridgehead atoms. The lowest BCUT2D eigenvalue weighted by molar-refractivity contribution is 0.554. The molecule has 1 saturated carbocycles. The molecule has 2 N–H and O–H groups in total. The van der Waals surface area contributed by atoms with E-state index in [0.717, 1.165) is 41.9 Å². The lowest BCUT2D eigenvalue weighted by atomic mass is 10.1. The molecule has 4 heteroatoms. The van der Waals surface area contributed by atoms with E-state index in [0.29, 0.717) is 6.04 Å². The van der Waals surface area contributed by atoms with Crippen molar-refractivity contribution in [2.24, 2.45) is 5.92 Å². The third-order valence-electron chi connectivity index (χ3n) is 4.04. The van der Waals surface area contributed by atoms with Crippen molar-refractivity contribution in [1.29, 1.82) is 0 Å². The van der Waals surface area contributed by atoms with E-state index in [1.165, 1.54) is 19.3 Å². The van der Waals surface area contributed by atoms with Gasteiger partial charge in [-0.2, -0.15) is 0 Å². The molecule has 106 valence electrons. The van der Waals surface area contributed by atoms with Crippen molar-refractivity contribution in [1.82, 2.24) is 9.97 Å². The Balaban J connectivity index is 2.24. The first-order valence-electron chi connectivity index (χ1n) is 7.53. The Morgan fingerprint density at radius 3 is 2.47 bits per heavy atom. The van der Waals surface area contributed by atoms with E-state index in [9.17, 15) is 0 Å². The number of rotatable bonds is 5. The minimum atomic E-state index is 0.563. The van der Waals surface area contributed by atoms with Crippen LogP contribution in [-0.2, 0) is 6.42 Å². The molecule has 1 fully saturated rings. The number of aryl methyl sites for hydroxylation is 1. The quantitative estimate of drug-likeness (QED) is 0.854. The van der Waals surface area contributed by atoms with Crippen molar-refractivity contribution < 1.29 is 0 Å². The number of nitrogens with one attached hydrogen (secondary N) is 2. The summed E-state index contributed by atoms with van der Waals surface area (Å²) in [4.78, 5) is 9.24. The minimum Gasteiger partial charge on any atom is -0.370 e. The lowest BCUT2D eigenvalue weighted by Gasteiger charge is -2.21. The zero-order chi connectivity index (χ0) is 13.8. The average molecular weight is 262 g/mol. The molecule has 0 radical (unpaired) electrons. The monoisotopic (exact) mass is 262 g/mol. The van der Waals surface area contributed by atoms with Crippen molar-refractivity contribution in [3.63, 3.8) is 0 Å². The molecule has 1 aromatic heterocycles. The van der Waals surface area contributed by atoms with Crippen LogP contribution in [0.15, 0.2) is 0 Å². The van der Waals surface area contributed by atoms with Gasteiger partial charge < -0.3 is 10.6 Å². The summed E-state index contributed by atoms with van der Waals surface area (Å²) >= 11 is 0. The first kappa shape index (κ1) is 14.1. The van der Waals surface area contributed by atoms with Crippen LogP contribution in [0, 0.1) is 12.8 Å². The summed E-state index contributed by atoms with van der Waals surface area (Å²) in [6.07, 6.45) is 4.77. The summed E-state index contributed by atoms with van der Waals surface area (Å²) in [5.74, 6) is 3.64. The number of hydrogen-bond acceptors (Lipinski definition) is 4. The zero-order valence-electron chi connectivity index (χ0n) is 12.6. The maximum Gasteiger partial charge on any atom is 0.135 e. The highest BCUT2D eigenvalue weighted by Crippen LogP contribution is 2.29. The number of hydrogen-bond donors (Lipinski definition) is 2. The van der Waals surface area contributed by atoms with Crippen LogP contribution in [0.5, 0.6) is 0 Å². The largest absolute Gasteiger partial charge is 0.370 e. The van der Waals surface area contributed by atoms with Gasteiger partial charge in [0, 0.05) is 24.6 Å². The fraction of sp³-hybridized carbons (Fsp3) is 0.733. The first-order chi connectivity index (χ1) is 9.15. The number of aromatic nitrogens is 2. The summed E-state index contributed by atoms with van der Waals surface area (Å²) in [5.41, 5.74) is 1.14. The van der Waals surface area contributed by atoms with Gasteiger partial charge in [-0.25, -0.2) is 9.97 Å². The van der Waals surface area contributed by atoms with Gasteiger partial charge in [0.2, 0.25) is 0 Å². The molecule has 1 aromatic rings. The van der Waals surface area contributed by atoms with Gasteiger partial charge in [0.25, 0.3) is 0 Å². The van der Waals surface area contributed by atoms with E-state index in [1.807, 2.05) is 0 Å². The second-order valence-electron chi connectivity index (χ2n) is 5.50. The van der Waals surface area contributed by atoms with E-state index in [2.05, 4.69) is 48.3 Å². The molecule has 2 unspecified atom stereocenters. The van der Waals surface area contributed by atoms with Crippen LogP contribution in [0.2, 0.25) is 0 Å². The standard InChI is InChI=1S/C15H26N4/c1-5-13-18-14(16-6-2)11(4)15(19-13)17-12-9-7-8-10(12)3/h10,12H,5-9H2,1-4H3,(H2,16,17,18,19). The molecule has 0 saturated heterocycles. The third kappa shape index (κ3) is 3.17. The summed E-state index contributed by atoms with van der Waals surface area (Å²) in [7, 11) is 0. The molecule has 0 aromatic carbocycles. The number of anilines is 2. The van der Waals surface area contributed by atoms with E-state index >= 15 is 0 Å². The summed E-state index contributed by atoms with van der Waals surface area (Å²) < 4.78 is 0. The third-order valence-corrected chi connectivity index (χ3v) is 4.04. The summed E-state index contributed by atoms with van der Waals surface area (Å²) in [6, 6.07) is 0.563. The van der Waals surface area contributed by atoms with Crippen molar-refractivity contribution in [3.05, 3.63) is 11.4 Å². The maximum absolute atomic E-state index is 4.67. The summed E-state index contributed by atoms with van der Waals surface area (Å²) in [6.45, 7) is 9.51. The summed E-state index contributed by atoms with van der Waals surface area (Å²) in [5, 5.41) is 6.98. The van der Waals surface area contributed by atoms with Crippen molar-refractivity contribution in [3.8, 4) is 0 Å². The van der Waals surface area contributed by atoms with Crippen LogP contribution >= 0.6 is 0 Å². The van der Waals surface area contributed by atoms with Gasteiger partial charge >= 0.3 is 0 Å². The molecule has 4 nitrogen and oxygen atoms in total. The number of nitrogens with zero attached hydrogens (tertiary/aromatic N) is 2. The first-order valence-corrected chi connectivity index (χ1v) is 7.53. The molecule has 0 aliphatic heterocycles. The molecule has 0 spiro atoms. The van der Waals surface area contributed by atoms with Gasteiger partial charge in [-0.15, -0.1) is 0 Å². The predicted octanol–water partition coefficient (Wildman–Crippen LogP) is 3.38. The highest BCUT2D eigenvalue weighted by atomic mass is 15.1. The molecule has 1 heterocycles. The van der Waals surface area contributed by atoms with Gasteiger partial charge in [-0.05, 0) is 32.6 Å². The Morgan fingerprint density at radius 2 is 1.89 bits per heavy atom. The van der Waals surface area contributed by atoms with E-state index < -0.39 is 0 Å². The van der Waals surface area contributed by atoms with Gasteiger partial charge in [0.05, 0.1) is 0 Å². The highest BCUT2D eigenvalue weighted by molar-refractivity contribution is 5.57. The maximum atomic E-state index is 4.67. The zero-order valence-corrected chi connectivity index (χ0v) is 12.6. The van der Waals surface area contributed by atoms with Crippen molar-refractivity contribution in [2.75, 3.05) is 17.2 Å². The lowest BCUT2D eigenvalue weighted by Crippen LogP contribution is -2.24. The Labute approximate surface area is 116 Å². The average Bonchev–Trinajstić information content (AvgIpc) is 2.80. The minimum absolute atomic E-state index is 0.563. The van der Waals surface area contributed by atoms with Crippen molar-refractivity contribution in [2.45, 2.75) is 59.4 Å². The fourth-order valence-corrected chi connectivity index (χ4v) is 2.74. The second-order valence-corrected chi connectivity index (χ2v) is 5.50. The van der Waals surface area contributed by atoms with Gasteiger partial charge in [0.1, 0.15) is 17.5 Å². The van der Waals surface area contributed by atoms with Gasteiger partial charge in [-0.3, -0.25) is 0 Å². The van der Waals surface area contributed by atoms with Crippen LogP contribution in [-0.4, -0.2) is 22.6 Å². The smallest absolute Gasteiger partial charge is 0.135 e. The van der Waals surface area contributed by atoms with Crippen LogP contribution < -0.4 is 10.6 Å². The van der Waals surface area contributed by atoms with Gasteiger partial charge in [-0.1, -0.05) is 20.3 Å². The Morgan fingerprint density at radius 1 is 1.16 bits per heavy atom. The molecule has 0 amide bonds. The van der Waals surface area contributed by atoms with Crippen LogP contribution in [0.4, 0.5) is 11.6 Å². The Hall–Kier alpha value is -1.32. The molecular weight excluding hydrogens is 236 g/mol. The highest BCUT2D eigenvalue weighted by Gasteiger charge is 2.24. The van der Waals surface area contributed by atoms with E-state index in [-0.39, 0.29) is 0 Å². The van der Waals surface area contributed by atoms with E-state index in [1.54, 1.807) is 0 Å². The molecular formula is C15H26N4. The normalized spacial score (nSPS) is 22.5. The molecule has 2 atom stereocenters. The van der Waals surface area contributed by atoms with Crippen LogP contribution in [0.1, 0.15) is 51.4 Å². The fourth-order valence-electron chi connectivity index (χ4n) is 2.74. The Bertz CT molecular complexity index is 430. The van der Waals surface area contributed by atoms with Crippen molar-refractivity contribution >= 4 is 11.6 Å². The second kappa shape index (κ2) is 6.22. The molecule has 19 heavy (non-hydrogen) atoms. The predicted molar refractivity (Wildman–Crippen MR) is 80.7 cm³/mol. The topological polar surface area (TPSA) is 49.8 Å². The van der Waals surface area contributed by atoms with Crippen LogP contribution in [0.3, 0.4) is 0 Å². The SMILES string of the molecule is CCNc1nc(CC)nc(NC2CCCC2C)c1C. The Kier molecular flexibility index (Phi) is 4.61. The van der Waals surface area contributed by atoms with E-state index in [4.69, 9.17) is 0 Å². The molecule has 2 rings (SSSR count). The molecule has 1 aliphatic rings. The molecule has 1 aliphatic carbocycles.